The van der Waals surface area contributed by atoms with Gasteiger partial charge in [-0.3, -0.25) is 9.59 Å². The van der Waals surface area contributed by atoms with Crippen LogP contribution in [0.15, 0.2) is 101 Å². The third kappa shape index (κ3) is 14.0. The molecule has 3 aromatic rings. The molecule has 1 atom stereocenters. The summed E-state index contributed by atoms with van der Waals surface area (Å²) in [5, 5.41) is 29.8. The predicted octanol–water partition coefficient (Wildman–Crippen LogP) is 7.56. The van der Waals surface area contributed by atoms with Gasteiger partial charge in [-0.2, -0.15) is 29.2 Å². The summed E-state index contributed by atoms with van der Waals surface area (Å²) in [5.74, 6) is -1.63. The number of hydrogen-bond donors (Lipinski definition) is 5. The maximum atomic E-state index is 12.7. The Balaban J connectivity index is 0.000000788. The van der Waals surface area contributed by atoms with Crippen molar-refractivity contribution in [3.05, 3.63) is 109 Å². The molecule has 0 heterocycles. The summed E-state index contributed by atoms with van der Waals surface area (Å²) in [7, 11) is 0. The van der Waals surface area contributed by atoms with E-state index >= 15 is 0 Å². The molecule has 0 saturated heterocycles. The second kappa shape index (κ2) is 19.8. The first-order chi connectivity index (χ1) is 20.1. The molecule has 229 valence electrons. The van der Waals surface area contributed by atoms with E-state index in [9.17, 15) is 14.7 Å². The number of nitrogens with one attached hydrogen (secondary N) is 4. The Bertz CT molecular complexity index is 1390. The Morgan fingerprint density at radius 2 is 1.53 bits per heavy atom. The van der Waals surface area contributed by atoms with E-state index in [1.165, 1.54) is 12.5 Å². The molecule has 9 nitrogen and oxygen atoms in total. The average Bonchev–Trinajstić information content (AvgIpc) is 2.94. The van der Waals surface area contributed by atoms with E-state index in [1.807, 2.05) is 19.1 Å². The largest absolute Gasteiger partial charge is 2.00 e. The van der Waals surface area contributed by atoms with Crippen molar-refractivity contribution in [2.45, 2.75) is 34.1 Å². The third-order valence-electron chi connectivity index (χ3n) is 5.34. The van der Waals surface area contributed by atoms with Crippen molar-refractivity contribution in [2.24, 2.45) is 16.1 Å². The Morgan fingerprint density at radius 3 is 2.12 bits per heavy atom. The monoisotopic (exact) mass is 645 g/mol. The van der Waals surface area contributed by atoms with Crippen molar-refractivity contribution in [3.63, 3.8) is 0 Å². The van der Waals surface area contributed by atoms with Crippen molar-refractivity contribution in [3.8, 4) is 0 Å². The summed E-state index contributed by atoms with van der Waals surface area (Å²) < 4.78 is 0. The number of aliphatic hydroxyl groups is 1. The molecule has 0 bridgehead atoms. The van der Waals surface area contributed by atoms with Gasteiger partial charge in [0.05, 0.1) is 5.69 Å². The maximum Gasteiger partial charge on any atom is 2.00 e. The predicted molar refractivity (Wildman–Crippen MR) is 175 cm³/mol. The maximum absolute atomic E-state index is 12.7. The van der Waals surface area contributed by atoms with E-state index < -0.39 is 11.8 Å². The second-order valence-corrected chi connectivity index (χ2v) is 9.53. The fourth-order valence-electron chi connectivity index (χ4n) is 3.33. The van der Waals surface area contributed by atoms with Gasteiger partial charge in [0.25, 0.3) is 5.91 Å². The number of thiocarbonyl (C=S) groups is 1. The van der Waals surface area contributed by atoms with E-state index in [4.69, 9.17) is 12.2 Å². The summed E-state index contributed by atoms with van der Waals surface area (Å²) >= 11 is 5.16. The van der Waals surface area contributed by atoms with Gasteiger partial charge < -0.3 is 33.3 Å². The molecule has 0 aliphatic rings. The Morgan fingerprint density at radius 1 is 0.930 bits per heavy atom. The molecule has 0 saturated carbocycles. The average molecular weight is 646 g/mol. The standard InChI is InChI=1S/C23H27N6O3S.C9H11.Co/c1-5-24-23(33)27-18-10-7-11-19(13-18)28-29-20(15(4)30)22(32)26-17-9-6-8-16(12-17)25-21(31)14(2)3;1-2-6-9-7-4-3-5-8-9;/h6-14,30H,2,5H2,1,3-4H3,(H,25,31)(H,26,32)(H2,24,27,33);3-8H,2H2,1H3;/q2*-1;+2. The molecule has 2 amide bonds. The van der Waals surface area contributed by atoms with Crippen LogP contribution in [0.2, 0.25) is 0 Å². The van der Waals surface area contributed by atoms with Gasteiger partial charge >= 0.3 is 16.8 Å². The van der Waals surface area contributed by atoms with Gasteiger partial charge in [0.2, 0.25) is 0 Å². The molecule has 43 heavy (non-hydrogen) atoms. The normalized spacial score (nSPS) is 11.5. The number of allylic oxidation sites excluding steroid dienone is 1. The number of carbonyl (C=O) groups excluding carboxylic acids is 2. The number of hydrogen-bond acceptors (Lipinski definition) is 6. The van der Waals surface area contributed by atoms with Gasteiger partial charge in [0, 0.05) is 23.6 Å². The van der Waals surface area contributed by atoms with Crippen LogP contribution < -0.4 is 21.3 Å². The molecule has 1 radical (unpaired) electrons. The minimum absolute atomic E-state index is 0. The van der Waals surface area contributed by atoms with Crippen molar-refractivity contribution in [2.75, 3.05) is 22.5 Å². The van der Waals surface area contributed by atoms with Crippen LogP contribution in [0.5, 0.6) is 0 Å². The number of benzene rings is 3. The zero-order valence-electron chi connectivity index (χ0n) is 24.7. The van der Waals surface area contributed by atoms with Crippen LogP contribution in [0, 0.1) is 19.3 Å². The number of amides is 2. The fraction of sp³-hybridized carbons (Fsp3) is 0.219. The van der Waals surface area contributed by atoms with Crippen LogP contribution in [0.4, 0.5) is 22.7 Å². The molecular weight excluding hydrogens is 607 g/mol. The van der Waals surface area contributed by atoms with E-state index in [0.717, 1.165) is 6.42 Å². The van der Waals surface area contributed by atoms with Gasteiger partial charge in [-0.1, -0.05) is 44.4 Å². The molecule has 11 heteroatoms. The molecule has 0 spiro atoms. The van der Waals surface area contributed by atoms with Crippen LogP contribution in [0.1, 0.15) is 39.7 Å². The Kier molecular flexibility index (Phi) is 17.0. The number of azo groups is 1. The van der Waals surface area contributed by atoms with Gasteiger partial charge in [0.1, 0.15) is 5.76 Å². The summed E-state index contributed by atoms with van der Waals surface area (Å²) in [5.41, 5.74) is 3.13. The first-order valence-corrected chi connectivity index (χ1v) is 13.9. The molecule has 5 N–H and O–H groups in total. The summed E-state index contributed by atoms with van der Waals surface area (Å²) in [6.45, 7) is 11.5. The van der Waals surface area contributed by atoms with E-state index in [-0.39, 0.29) is 34.1 Å². The van der Waals surface area contributed by atoms with E-state index in [0.29, 0.717) is 34.4 Å². The first-order valence-electron chi connectivity index (χ1n) is 13.5. The van der Waals surface area contributed by atoms with Gasteiger partial charge in [-0.25, -0.2) is 0 Å². The topological polar surface area (TPSA) is 127 Å². The van der Waals surface area contributed by atoms with Gasteiger partial charge in [0.15, 0.2) is 16.7 Å². The second-order valence-electron chi connectivity index (χ2n) is 9.12. The van der Waals surface area contributed by atoms with Crippen LogP contribution in [0.3, 0.4) is 0 Å². The molecule has 3 rings (SSSR count). The molecular formula is C32H38CoN6O3S. The van der Waals surface area contributed by atoms with E-state index in [1.54, 1.807) is 49.4 Å². The molecule has 0 aliphatic heterocycles. The van der Waals surface area contributed by atoms with Crippen LogP contribution in [-0.2, 0) is 26.4 Å². The van der Waals surface area contributed by atoms with Crippen LogP contribution in [-0.4, -0.2) is 28.6 Å². The number of carbonyl (C=O) groups is 2. The zero-order chi connectivity index (χ0) is 30.9. The van der Waals surface area contributed by atoms with Gasteiger partial charge in [-0.05, 0) is 62.5 Å². The number of anilines is 3. The van der Waals surface area contributed by atoms with Crippen molar-refractivity contribution in [1.29, 1.82) is 0 Å². The van der Waals surface area contributed by atoms with Crippen LogP contribution >= 0.6 is 12.2 Å². The number of aliphatic hydroxyl groups excluding tert-OH is 1. The van der Waals surface area contributed by atoms with Crippen molar-refractivity contribution < 1.29 is 31.5 Å². The summed E-state index contributed by atoms with van der Waals surface area (Å²) in [6, 6.07) is 23.9. The fourth-order valence-corrected chi connectivity index (χ4v) is 3.59. The van der Waals surface area contributed by atoms with Crippen molar-refractivity contribution >= 4 is 51.9 Å². The first kappa shape index (κ1) is 36.8. The molecule has 0 fully saturated rings. The Hall–Kier alpha value is -4.19. The minimum atomic E-state index is -0.657. The number of nitrogens with zero attached hydrogens (tertiary/aromatic N) is 2. The third-order valence-corrected chi connectivity index (χ3v) is 5.59. The SMILES string of the molecule is CC[CH-]c1ccccc1.[CH2-]C(C)C(=O)Nc1cccc(NC(=O)C(N=Nc2cccc(NC(=S)NCC)c2)=C(C)O)c1.[Co+2]. The number of rotatable bonds is 10. The molecule has 0 aliphatic carbocycles. The van der Waals surface area contributed by atoms with Gasteiger partial charge in [-0.15, -0.1) is 17.2 Å². The summed E-state index contributed by atoms with van der Waals surface area (Å²) in [6.07, 6.45) is 3.32. The quantitative estimate of drug-likeness (QED) is 0.0509. The minimum Gasteiger partial charge on any atom is -0.510 e. The molecule has 1 unspecified atom stereocenters. The smallest absolute Gasteiger partial charge is 0.510 e. The summed E-state index contributed by atoms with van der Waals surface area (Å²) in [4.78, 5) is 24.5. The zero-order valence-corrected chi connectivity index (χ0v) is 26.5. The molecule has 0 aromatic heterocycles. The Labute approximate surface area is 269 Å². The van der Waals surface area contributed by atoms with E-state index in [2.05, 4.69) is 76.0 Å². The van der Waals surface area contributed by atoms with Crippen LogP contribution in [0.25, 0.3) is 0 Å². The van der Waals surface area contributed by atoms with Crippen molar-refractivity contribution in [1.82, 2.24) is 5.32 Å². The molecule has 3 aromatic carbocycles.